The number of benzene rings is 1. The van der Waals surface area contributed by atoms with Gasteiger partial charge in [-0.25, -0.2) is 13.1 Å². The molecule has 1 aromatic rings. The molecule has 1 N–H and O–H groups in total. The number of carbonyl (C=O) groups excluding carboxylic acids is 1. The lowest BCUT2D eigenvalue weighted by molar-refractivity contribution is -0.134. The normalized spacial score (nSPS) is 16.0. The fourth-order valence-electron chi connectivity index (χ4n) is 2.69. The van der Waals surface area contributed by atoms with Crippen molar-refractivity contribution in [3.05, 3.63) is 29.3 Å². The maximum atomic E-state index is 12.2. The van der Waals surface area contributed by atoms with Crippen LogP contribution in [0.15, 0.2) is 24.3 Å². The smallest absolute Gasteiger partial charge is 0.260 e. The van der Waals surface area contributed by atoms with Gasteiger partial charge in [0.15, 0.2) is 6.61 Å². The number of amides is 1. The summed E-state index contributed by atoms with van der Waals surface area (Å²) < 4.78 is 32.6. The number of rotatable bonds is 8. The van der Waals surface area contributed by atoms with Gasteiger partial charge in [-0.2, -0.15) is 0 Å². The SMILES string of the molecule is CCCCNS(=O)(=O)C1CCN(C(=O)COc2ccc(Cl)cc2)CC1. The van der Waals surface area contributed by atoms with Gasteiger partial charge in [-0.1, -0.05) is 24.9 Å². The van der Waals surface area contributed by atoms with Crippen LogP contribution in [0.3, 0.4) is 0 Å². The average molecular weight is 389 g/mol. The molecule has 1 aromatic carbocycles. The van der Waals surface area contributed by atoms with E-state index in [0.29, 0.717) is 43.2 Å². The van der Waals surface area contributed by atoms with Crippen molar-refractivity contribution in [3.8, 4) is 5.75 Å². The predicted molar refractivity (Wildman–Crippen MR) is 98.4 cm³/mol. The molecule has 1 saturated heterocycles. The molecule has 0 bridgehead atoms. The first-order valence-corrected chi connectivity index (χ1v) is 10.5. The molecule has 1 fully saturated rings. The molecule has 0 saturated carbocycles. The van der Waals surface area contributed by atoms with Crippen LogP contribution in [0, 0.1) is 0 Å². The number of unbranched alkanes of at least 4 members (excludes halogenated alkanes) is 1. The van der Waals surface area contributed by atoms with E-state index in [1.54, 1.807) is 29.2 Å². The molecule has 1 aliphatic heterocycles. The fraction of sp³-hybridized carbons (Fsp3) is 0.588. The van der Waals surface area contributed by atoms with Crippen molar-refractivity contribution in [2.75, 3.05) is 26.2 Å². The third-order valence-corrected chi connectivity index (χ3v) is 6.45. The molecule has 0 aromatic heterocycles. The van der Waals surface area contributed by atoms with Gasteiger partial charge in [0.05, 0.1) is 5.25 Å². The zero-order chi connectivity index (χ0) is 18.3. The molecule has 0 unspecified atom stereocenters. The minimum Gasteiger partial charge on any atom is -0.484 e. The Morgan fingerprint density at radius 3 is 2.52 bits per heavy atom. The molecule has 140 valence electrons. The number of likely N-dealkylation sites (tertiary alicyclic amines) is 1. The Morgan fingerprint density at radius 1 is 1.28 bits per heavy atom. The summed E-state index contributed by atoms with van der Waals surface area (Å²) in [5.41, 5.74) is 0. The third kappa shape index (κ3) is 6.17. The van der Waals surface area contributed by atoms with E-state index < -0.39 is 15.3 Å². The minimum absolute atomic E-state index is 0.0617. The standard InChI is InChI=1S/C17H25ClN2O4S/c1-2-3-10-19-25(22,23)16-8-11-20(12-9-16)17(21)13-24-15-6-4-14(18)5-7-15/h4-7,16,19H,2-3,8-13H2,1H3. The number of nitrogens with one attached hydrogen (secondary N) is 1. The molecule has 0 atom stereocenters. The molecular formula is C17H25ClN2O4S. The number of sulfonamides is 1. The van der Waals surface area contributed by atoms with Gasteiger partial charge in [-0.05, 0) is 43.5 Å². The molecule has 2 rings (SSSR count). The van der Waals surface area contributed by atoms with Gasteiger partial charge in [-0.15, -0.1) is 0 Å². The fourth-order valence-corrected chi connectivity index (χ4v) is 4.31. The zero-order valence-corrected chi connectivity index (χ0v) is 16.0. The van der Waals surface area contributed by atoms with E-state index in [2.05, 4.69) is 4.72 Å². The largest absolute Gasteiger partial charge is 0.484 e. The number of halogens is 1. The van der Waals surface area contributed by atoms with E-state index in [0.717, 1.165) is 12.8 Å². The number of piperidine rings is 1. The molecule has 1 aliphatic rings. The Morgan fingerprint density at radius 2 is 1.92 bits per heavy atom. The van der Waals surface area contributed by atoms with Crippen molar-refractivity contribution in [2.45, 2.75) is 37.9 Å². The summed E-state index contributed by atoms with van der Waals surface area (Å²) in [7, 11) is -3.30. The lowest BCUT2D eigenvalue weighted by atomic mass is 10.1. The third-order valence-electron chi connectivity index (χ3n) is 4.24. The highest BCUT2D eigenvalue weighted by Gasteiger charge is 2.31. The second-order valence-electron chi connectivity index (χ2n) is 6.12. The Labute approximate surface area is 154 Å². The van der Waals surface area contributed by atoms with Gasteiger partial charge >= 0.3 is 0 Å². The predicted octanol–water partition coefficient (Wildman–Crippen LogP) is 2.43. The van der Waals surface area contributed by atoms with Crippen molar-refractivity contribution in [1.82, 2.24) is 9.62 Å². The van der Waals surface area contributed by atoms with Gasteiger partial charge in [0.1, 0.15) is 5.75 Å². The van der Waals surface area contributed by atoms with Gasteiger partial charge in [0, 0.05) is 24.7 Å². The van der Waals surface area contributed by atoms with E-state index >= 15 is 0 Å². The van der Waals surface area contributed by atoms with Crippen LogP contribution < -0.4 is 9.46 Å². The highest BCUT2D eigenvalue weighted by atomic mass is 35.5. The number of hydrogen-bond acceptors (Lipinski definition) is 4. The van der Waals surface area contributed by atoms with Gasteiger partial charge in [0.2, 0.25) is 10.0 Å². The van der Waals surface area contributed by atoms with E-state index in [1.807, 2.05) is 6.92 Å². The van der Waals surface area contributed by atoms with Crippen molar-refractivity contribution in [3.63, 3.8) is 0 Å². The number of carbonyl (C=O) groups is 1. The summed E-state index contributed by atoms with van der Waals surface area (Å²) in [5.74, 6) is 0.445. The van der Waals surface area contributed by atoms with Crippen LogP contribution in [-0.2, 0) is 14.8 Å². The first-order chi connectivity index (χ1) is 11.9. The summed E-state index contributed by atoms with van der Waals surface area (Å²) in [6.07, 6.45) is 2.68. The first-order valence-electron chi connectivity index (χ1n) is 8.57. The number of nitrogens with zero attached hydrogens (tertiary/aromatic N) is 1. The lowest BCUT2D eigenvalue weighted by Gasteiger charge is -2.31. The summed E-state index contributed by atoms with van der Waals surface area (Å²) in [6, 6.07) is 6.80. The minimum atomic E-state index is -3.30. The molecular weight excluding hydrogens is 364 g/mol. The first kappa shape index (κ1) is 20.0. The Kier molecular flexibility index (Phi) is 7.53. The van der Waals surface area contributed by atoms with Gasteiger partial charge in [0.25, 0.3) is 5.91 Å². The number of hydrogen-bond donors (Lipinski definition) is 1. The molecule has 1 amide bonds. The lowest BCUT2D eigenvalue weighted by Crippen LogP contribution is -2.46. The topological polar surface area (TPSA) is 75.7 Å². The van der Waals surface area contributed by atoms with Crippen LogP contribution in [0.2, 0.25) is 5.02 Å². The second kappa shape index (κ2) is 9.40. The van der Waals surface area contributed by atoms with Crippen molar-refractivity contribution in [2.24, 2.45) is 0 Å². The Bertz CT molecular complexity index is 656. The molecule has 6 nitrogen and oxygen atoms in total. The molecule has 0 aliphatic carbocycles. The van der Waals surface area contributed by atoms with Crippen molar-refractivity contribution < 1.29 is 17.9 Å². The number of ether oxygens (including phenoxy) is 1. The summed E-state index contributed by atoms with van der Waals surface area (Å²) in [4.78, 5) is 13.9. The quantitative estimate of drug-likeness (QED) is 0.694. The Balaban J connectivity index is 1.77. The van der Waals surface area contributed by atoms with E-state index in [1.165, 1.54) is 0 Å². The highest BCUT2D eigenvalue weighted by molar-refractivity contribution is 7.90. The van der Waals surface area contributed by atoms with Crippen LogP contribution in [0.5, 0.6) is 5.75 Å². The Hall–Kier alpha value is -1.31. The van der Waals surface area contributed by atoms with Gasteiger partial charge in [-0.3, -0.25) is 4.79 Å². The maximum Gasteiger partial charge on any atom is 0.260 e. The van der Waals surface area contributed by atoms with E-state index in [-0.39, 0.29) is 12.5 Å². The van der Waals surface area contributed by atoms with Crippen LogP contribution in [0.4, 0.5) is 0 Å². The second-order valence-corrected chi connectivity index (χ2v) is 8.60. The van der Waals surface area contributed by atoms with Crippen molar-refractivity contribution in [1.29, 1.82) is 0 Å². The molecule has 8 heteroatoms. The van der Waals surface area contributed by atoms with E-state index in [9.17, 15) is 13.2 Å². The molecule has 0 spiro atoms. The van der Waals surface area contributed by atoms with Crippen LogP contribution in [0.25, 0.3) is 0 Å². The van der Waals surface area contributed by atoms with Gasteiger partial charge < -0.3 is 9.64 Å². The highest BCUT2D eigenvalue weighted by Crippen LogP contribution is 2.18. The monoisotopic (exact) mass is 388 g/mol. The van der Waals surface area contributed by atoms with Crippen LogP contribution >= 0.6 is 11.6 Å². The van der Waals surface area contributed by atoms with E-state index in [4.69, 9.17) is 16.3 Å². The average Bonchev–Trinajstić information content (AvgIpc) is 2.61. The molecule has 0 radical (unpaired) electrons. The maximum absolute atomic E-state index is 12.2. The zero-order valence-electron chi connectivity index (χ0n) is 14.4. The summed E-state index contributed by atoms with van der Waals surface area (Å²) in [6.45, 7) is 3.30. The van der Waals surface area contributed by atoms with Crippen LogP contribution in [0.1, 0.15) is 32.6 Å². The molecule has 1 heterocycles. The summed E-state index contributed by atoms with van der Waals surface area (Å²) in [5, 5.41) is 0.181. The van der Waals surface area contributed by atoms with Crippen molar-refractivity contribution >= 4 is 27.5 Å². The summed E-state index contributed by atoms with van der Waals surface area (Å²) >= 11 is 5.80. The molecule has 25 heavy (non-hydrogen) atoms. The van der Waals surface area contributed by atoms with Crippen LogP contribution in [-0.4, -0.2) is 50.7 Å².